The fraction of sp³-hybridized carbons (Fsp3) is 0.467. The van der Waals surface area contributed by atoms with Gasteiger partial charge in [-0.25, -0.2) is 0 Å². The van der Waals surface area contributed by atoms with Gasteiger partial charge in [0.25, 0.3) is 5.91 Å². The van der Waals surface area contributed by atoms with E-state index >= 15 is 0 Å². The first-order valence-electron chi connectivity index (χ1n) is 7.08. The highest BCUT2D eigenvalue weighted by molar-refractivity contribution is 5.82. The lowest BCUT2D eigenvalue weighted by Crippen LogP contribution is -2.54. The number of hydrogen-bond acceptors (Lipinski definition) is 4. The van der Waals surface area contributed by atoms with Crippen molar-refractivity contribution < 1.29 is 19.1 Å². The van der Waals surface area contributed by atoms with Crippen molar-refractivity contribution >= 4 is 11.8 Å². The number of carbonyl (C=O) groups is 2. The standard InChI is InChI=1S/C15H18N2O4/c1-11(18)16-6-8-17(9-7-16)15(19)14-10-20-12-4-2-3-5-13(12)21-14/h2-5,14H,6-10H2,1H3/t14-/m1/s1. The summed E-state index contributed by atoms with van der Waals surface area (Å²) in [5.74, 6) is 1.24. The topological polar surface area (TPSA) is 59.1 Å². The molecular weight excluding hydrogens is 272 g/mol. The highest BCUT2D eigenvalue weighted by Gasteiger charge is 2.32. The van der Waals surface area contributed by atoms with E-state index in [0.29, 0.717) is 37.7 Å². The second kappa shape index (κ2) is 5.63. The molecule has 0 N–H and O–H groups in total. The average Bonchev–Trinajstić information content (AvgIpc) is 2.54. The third-order valence-electron chi connectivity index (χ3n) is 3.82. The fourth-order valence-corrected chi connectivity index (χ4v) is 2.59. The normalized spacial score (nSPS) is 21.1. The molecule has 6 heteroatoms. The van der Waals surface area contributed by atoms with E-state index in [-0.39, 0.29) is 18.4 Å². The van der Waals surface area contributed by atoms with Crippen LogP contribution in [0.15, 0.2) is 24.3 Å². The first-order valence-corrected chi connectivity index (χ1v) is 7.08. The number of hydrogen-bond donors (Lipinski definition) is 0. The minimum atomic E-state index is -0.608. The molecule has 1 aromatic carbocycles. The summed E-state index contributed by atoms with van der Waals surface area (Å²) in [5.41, 5.74) is 0. The number of carbonyl (C=O) groups excluding carboxylic acids is 2. The maximum atomic E-state index is 12.5. The van der Waals surface area contributed by atoms with Crippen LogP contribution in [0.3, 0.4) is 0 Å². The maximum Gasteiger partial charge on any atom is 0.267 e. The van der Waals surface area contributed by atoms with Crippen LogP contribution in [-0.4, -0.2) is 60.5 Å². The fourth-order valence-electron chi connectivity index (χ4n) is 2.59. The van der Waals surface area contributed by atoms with Gasteiger partial charge in [-0.3, -0.25) is 9.59 Å². The first-order chi connectivity index (χ1) is 10.1. The number of para-hydroxylation sites is 2. The molecule has 1 saturated heterocycles. The number of nitrogens with zero attached hydrogens (tertiary/aromatic N) is 2. The van der Waals surface area contributed by atoms with Crippen molar-refractivity contribution in [2.75, 3.05) is 32.8 Å². The van der Waals surface area contributed by atoms with Crippen LogP contribution in [0.2, 0.25) is 0 Å². The minimum Gasteiger partial charge on any atom is -0.485 e. The van der Waals surface area contributed by atoms with E-state index in [0.717, 1.165) is 0 Å². The van der Waals surface area contributed by atoms with Gasteiger partial charge in [-0.1, -0.05) is 12.1 Å². The van der Waals surface area contributed by atoms with Crippen LogP contribution in [0, 0.1) is 0 Å². The van der Waals surface area contributed by atoms with Crippen molar-refractivity contribution in [1.29, 1.82) is 0 Å². The van der Waals surface area contributed by atoms with Crippen molar-refractivity contribution in [3.05, 3.63) is 24.3 Å². The van der Waals surface area contributed by atoms with Gasteiger partial charge in [0.1, 0.15) is 6.61 Å². The number of amides is 2. The zero-order valence-electron chi connectivity index (χ0n) is 11.9. The molecule has 21 heavy (non-hydrogen) atoms. The lowest BCUT2D eigenvalue weighted by molar-refractivity contribution is -0.145. The second-order valence-corrected chi connectivity index (χ2v) is 5.20. The molecule has 1 aromatic rings. The summed E-state index contributed by atoms with van der Waals surface area (Å²) in [7, 11) is 0. The number of benzene rings is 1. The van der Waals surface area contributed by atoms with Gasteiger partial charge in [-0.05, 0) is 12.1 Å². The van der Waals surface area contributed by atoms with E-state index < -0.39 is 6.10 Å². The van der Waals surface area contributed by atoms with E-state index in [1.807, 2.05) is 18.2 Å². The minimum absolute atomic E-state index is 0.0493. The predicted molar refractivity (Wildman–Crippen MR) is 75.2 cm³/mol. The summed E-state index contributed by atoms with van der Waals surface area (Å²) in [6.45, 7) is 4.01. The summed E-state index contributed by atoms with van der Waals surface area (Å²) in [5, 5.41) is 0. The molecule has 0 saturated carbocycles. The average molecular weight is 290 g/mol. The Morgan fingerprint density at radius 1 is 1.05 bits per heavy atom. The number of ether oxygens (including phenoxy) is 2. The largest absolute Gasteiger partial charge is 0.485 e. The summed E-state index contributed by atoms with van der Waals surface area (Å²) in [6.07, 6.45) is -0.608. The van der Waals surface area contributed by atoms with Gasteiger partial charge >= 0.3 is 0 Å². The lowest BCUT2D eigenvalue weighted by atomic mass is 10.2. The highest BCUT2D eigenvalue weighted by Crippen LogP contribution is 2.31. The Bertz CT molecular complexity index is 552. The molecule has 0 radical (unpaired) electrons. The summed E-state index contributed by atoms with van der Waals surface area (Å²) in [4.78, 5) is 27.2. The van der Waals surface area contributed by atoms with E-state index in [9.17, 15) is 9.59 Å². The zero-order chi connectivity index (χ0) is 14.8. The van der Waals surface area contributed by atoms with Crippen LogP contribution in [0.4, 0.5) is 0 Å². The van der Waals surface area contributed by atoms with Gasteiger partial charge in [0, 0.05) is 33.1 Å². The van der Waals surface area contributed by atoms with Crippen LogP contribution in [0.25, 0.3) is 0 Å². The third-order valence-corrected chi connectivity index (χ3v) is 3.82. The highest BCUT2D eigenvalue weighted by atomic mass is 16.6. The second-order valence-electron chi connectivity index (χ2n) is 5.20. The van der Waals surface area contributed by atoms with Crippen LogP contribution in [0.5, 0.6) is 11.5 Å². The third kappa shape index (κ3) is 2.79. The van der Waals surface area contributed by atoms with Gasteiger partial charge in [0.15, 0.2) is 11.5 Å². The lowest BCUT2D eigenvalue weighted by Gasteiger charge is -2.36. The van der Waals surface area contributed by atoms with Gasteiger partial charge in [-0.2, -0.15) is 0 Å². The SMILES string of the molecule is CC(=O)N1CCN(C(=O)[C@H]2COc3ccccc3O2)CC1. The molecule has 2 aliphatic rings. The van der Waals surface area contributed by atoms with Crippen molar-refractivity contribution in [3.63, 3.8) is 0 Å². The van der Waals surface area contributed by atoms with Crippen LogP contribution in [0.1, 0.15) is 6.92 Å². The quantitative estimate of drug-likeness (QED) is 0.756. The predicted octanol–water partition coefficient (Wildman–Crippen LogP) is 0.517. The molecule has 1 fully saturated rings. The van der Waals surface area contributed by atoms with E-state index in [4.69, 9.17) is 9.47 Å². The number of rotatable bonds is 1. The molecule has 1 atom stereocenters. The Kier molecular flexibility index (Phi) is 3.68. The molecule has 2 aliphatic heterocycles. The van der Waals surface area contributed by atoms with Gasteiger partial charge < -0.3 is 19.3 Å². The summed E-state index contributed by atoms with van der Waals surface area (Å²) in [6, 6.07) is 7.33. The summed E-state index contributed by atoms with van der Waals surface area (Å²) >= 11 is 0. The molecule has 112 valence electrons. The van der Waals surface area contributed by atoms with Crippen molar-refractivity contribution in [3.8, 4) is 11.5 Å². The van der Waals surface area contributed by atoms with E-state index in [1.165, 1.54) is 0 Å². The molecule has 2 heterocycles. The Balaban J connectivity index is 1.61. The molecule has 0 spiro atoms. The number of fused-ring (bicyclic) bond motifs is 1. The molecule has 6 nitrogen and oxygen atoms in total. The van der Waals surface area contributed by atoms with E-state index in [1.54, 1.807) is 22.8 Å². The Hall–Kier alpha value is -2.24. The number of piperazine rings is 1. The first kappa shape index (κ1) is 13.7. The molecule has 2 amide bonds. The molecule has 0 bridgehead atoms. The van der Waals surface area contributed by atoms with Crippen molar-refractivity contribution in [2.24, 2.45) is 0 Å². The Morgan fingerprint density at radius 2 is 1.67 bits per heavy atom. The maximum absolute atomic E-state index is 12.5. The molecule has 0 aliphatic carbocycles. The zero-order valence-corrected chi connectivity index (χ0v) is 11.9. The molecular formula is C15H18N2O4. The summed E-state index contributed by atoms with van der Waals surface area (Å²) < 4.78 is 11.3. The van der Waals surface area contributed by atoms with Crippen LogP contribution in [-0.2, 0) is 9.59 Å². The van der Waals surface area contributed by atoms with Crippen LogP contribution >= 0.6 is 0 Å². The van der Waals surface area contributed by atoms with Gasteiger partial charge in [-0.15, -0.1) is 0 Å². The Morgan fingerprint density at radius 3 is 2.33 bits per heavy atom. The smallest absolute Gasteiger partial charge is 0.267 e. The monoisotopic (exact) mass is 290 g/mol. The molecule has 0 unspecified atom stereocenters. The van der Waals surface area contributed by atoms with Crippen molar-refractivity contribution in [1.82, 2.24) is 9.80 Å². The van der Waals surface area contributed by atoms with Crippen molar-refractivity contribution in [2.45, 2.75) is 13.0 Å². The van der Waals surface area contributed by atoms with Gasteiger partial charge in [0.2, 0.25) is 12.0 Å². The van der Waals surface area contributed by atoms with Crippen LogP contribution < -0.4 is 9.47 Å². The van der Waals surface area contributed by atoms with E-state index in [2.05, 4.69) is 0 Å². The van der Waals surface area contributed by atoms with Gasteiger partial charge in [0.05, 0.1) is 0 Å². The Labute approximate surface area is 123 Å². The molecule has 3 rings (SSSR count). The molecule has 0 aromatic heterocycles.